The highest BCUT2D eigenvalue weighted by Gasteiger charge is 2.39. The first-order chi connectivity index (χ1) is 29.2. The van der Waals surface area contributed by atoms with Crippen molar-refractivity contribution in [3.05, 3.63) is 60.8 Å². The van der Waals surface area contributed by atoms with Gasteiger partial charge in [0.1, 0.15) is 25.5 Å². The fraction of sp³-hybridized carbons (Fsp3) is 0.729. The summed E-state index contributed by atoms with van der Waals surface area (Å²) in [5.74, 6) is -1.82. The third-order valence-corrected chi connectivity index (χ3v) is 11.3. The molecule has 1 saturated carbocycles. The summed E-state index contributed by atoms with van der Waals surface area (Å²) in [5.41, 5.74) is 0. The minimum atomic E-state index is -4.71. The number of allylic oxidation sites excluding steroid dienone is 8. The van der Waals surface area contributed by atoms with Crippen LogP contribution in [0.1, 0.15) is 149 Å². The Kier molecular flexibility index (Phi) is 32.1. The number of phosphoric acid groups is 1. The van der Waals surface area contributed by atoms with Gasteiger partial charge in [-0.1, -0.05) is 120 Å². The van der Waals surface area contributed by atoms with Gasteiger partial charge in [-0.25, -0.2) is 0 Å². The smallest absolute Gasteiger partial charge is 0.306 e. The van der Waals surface area contributed by atoms with Crippen LogP contribution in [0.5, 0.6) is 0 Å². The van der Waals surface area contributed by atoms with Crippen molar-refractivity contribution in [3.63, 3.8) is 0 Å². The number of hydrogen-bond acceptors (Lipinski definition) is 11. The molecule has 13 heteroatoms. The van der Waals surface area contributed by atoms with Gasteiger partial charge in [-0.15, -0.1) is 0 Å². The molecule has 0 bridgehead atoms. The van der Waals surface area contributed by atoms with Crippen molar-refractivity contribution < 1.29 is 57.1 Å². The first-order valence-corrected chi connectivity index (χ1v) is 24.6. The van der Waals surface area contributed by atoms with Crippen LogP contribution in [-0.4, -0.2) is 98.2 Å². The van der Waals surface area contributed by atoms with Crippen LogP contribution < -0.4 is 4.89 Å². The summed E-state index contributed by atoms with van der Waals surface area (Å²) < 4.78 is 33.8. The highest BCUT2D eigenvalue weighted by Crippen LogP contribution is 2.38. The highest BCUT2D eigenvalue weighted by molar-refractivity contribution is 7.45. The largest absolute Gasteiger partial charge is 0.756 e. The van der Waals surface area contributed by atoms with Crippen molar-refractivity contribution in [3.8, 4) is 0 Å². The number of Topliss-reactive ketones (excluding diaryl/α,β-unsaturated/α-hetero) is 1. The number of unbranched alkanes of at least 4 members (excludes halogenated alkanes) is 10. The predicted molar refractivity (Wildman–Crippen MR) is 241 cm³/mol. The molecule has 0 spiro atoms. The van der Waals surface area contributed by atoms with Crippen LogP contribution in [-0.2, 0) is 37.5 Å². The second-order valence-corrected chi connectivity index (χ2v) is 18.6. The molecule has 0 aromatic carbocycles. The molecular weight excluding hydrogens is 797 g/mol. The Bertz CT molecular complexity index is 1390. The lowest BCUT2D eigenvalue weighted by Crippen LogP contribution is -2.37. The van der Waals surface area contributed by atoms with Crippen LogP contribution in [0.2, 0.25) is 0 Å². The Morgan fingerprint density at radius 2 is 1.38 bits per heavy atom. The number of carbonyl (C=O) groups is 3. The minimum absolute atomic E-state index is 0.0131. The molecule has 0 aromatic rings. The van der Waals surface area contributed by atoms with E-state index in [2.05, 4.69) is 50.3 Å². The molecule has 12 nitrogen and oxygen atoms in total. The van der Waals surface area contributed by atoms with E-state index in [9.17, 15) is 34.1 Å². The second kappa shape index (κ2) is 34.7. The van der Waals surface area contributed by atoms with Crippen molar-refractivity contribution in [1.29, 1.82) is 0 Å². The van der Waals surface area contributed by atoms with E-state index in [4.69, 9.17) is 18.5 Å². The molecule has 61 heavy (non-hydrogen) atoms. The van der Waals surface area contributed by atoms with Crippen LogP contribution in [0.4, 0.5) is 0 Å². The standard InChI is InChI=1S/C48H82NO11P/c1-6-8-10-11-12-13-14-15-16-17-18-19-20-21-22-23-28-32-47(53)57-39-42(40-59-61(55,56)58-37-36-49(3,4)5)60-48(54)33-29-25-24-27-31-43-44(46(52)38-45(43)51)35-34-41(50)30-26-9-7-2/h12-13,15-16,18-19,24,27,34-35,41-44,46,50,52H,6-11,14,17,20-23,25-26,28-33,36-40H2,1-5H3/b13-12-,16-15-,19-18-,27-24-,35-34+/t41-,42+,43+,44+,46+/m0/s1. The van der Waals surface area contributed by atoms with Gasteiger partial charge in [0.2, 0.25) is 0 Å². The number of ketones is 1. The average molecular weight is 880 g/mol. The third-order valence-electron chi connectivity index (χ3n) is 10.4. The van der Waals surface area contributed by atoms with Crippen LogP contribution in [0.25, 0.3) is 0 Å². The molecule has 6 atom stereocenters. The predicted octanol–water partition coefficient (Wildman–Crippen LogP) is 9.20. The summed E-state index contributed by atoms with van der Waals surface area (Å²) in [7, 11) is 0.978. The molecule has 1 fully saturated rings. The molecule has 1 rings (SSSR count). The summed E-state index contributed by atoms with van der Waals surface area (Å²) >= 11 is 0. The molecule has 1 aliphatic rings. The number of esters is 2. The molecule has 2 N–H and O–H groups in total. The van der Waals surface area contributed by atoms with Gasteiger partial charge in [-0.2, -0.15) is 0 Å². The van der Waals surface area contributed by atoms with Crippen LogP contribution >= 0.6 is 7.82 Å². The lowest BCUT2D eigenvalue weighted by atomic mass is 9.90. The number of quaternary nitrogens is 1. The molecule has 350 valence electrons. The summed E-state index contributed by atoms with van der Waals surface area (Å²) in [4.78, 5) is 50.4. The van der Waals surface area contributed by atoms with Gasteiger partial charge in [0, 0.05) is 31.1 Å². The van der Waals surface area contributed by atoms with E-state index in [1.54, 1.807) is 12.2 Å². The first-order valence-electron chi connectivity index (χ1n) is 23.1. The quantitative estimate of drug-likeness (QED) is 0.0201. The van der Waals surface area contributed by atoms with E-state index in [0.29, 0.717) is 43.1 Å². The second-order valence-electron chi connectivity index (χ2n) is 17.2. The molecule has 1 unspecified atom stereocenters. The fourth-order valence-electron chi connectivity index (χ4n) is 6.64. The number of nitrogens with zero attached hydrogens (tertiary/aromatic N) is 1. The Hall–Kier alpha value is -2.70. The first kappa shape index (κ1) is 56.3. The number of carbonyl (C=O) groups excluding carboxylic acids is 3. The zero-order chi connectivity index (χ0) is 45.2. The zero-order valence-corrected chi connectivity index (χ0v) is 39.2. The van der Waals surface area contributed by atoms with Gasteiger partial charge >= 0.3 is 11.9 Å². The fourth-order valence-corrected chi connectivity index (χ4v) is 7.37. The molecule has 0 amide bonds. The summed E-state index contributed by atoms with van der Waals surface area (Å²) in [6.07, 6.45) is 34.7. The number of aliphatic hydroxyl groups is 2. The van der Waals surface area contributed by atoms with Crippen molar-refractivity contribution in [2.24, 2.45) is 11.8 Å². The van der Waals surface area contributed by atoms with E-state index >= 15 is 0 Å². The maximum atomic E-state index is 12.8. The summed E-state index contributed by atoms with van der Waals surface area (Å²) in [5, 5.41) is 20.7. The van der Waals surface area contributed by atoms with E-state index in [0.717, 1.165) is 64.2 Å². The molecule has 0 aromatic heterocycles. The number of hydrogen-bond donors (Lipinski definition) is 2. The number of phosphoric ester groups is 1. The average Bonchev–Trinajstić information content (AvgIpc) is 3.47. The number of likely N-dealkylation sites (N-methyl/N-ethyl adjacent to an activating group) is 1. The topological polar surface area (TPSA) is 169 Å². The molecule has 0 aliphatic heterocycles. The normalized spacial score (nSPS) is 19.5. The third kappa shape index (κ3) is 31.7. The molecular formula is C48H82NO11P. The lowest BCUT2D eigenvalue weighted by molar-refractivity contribution is -0.870. The van der Waals surface area contributed by atoms with Crippen molar-refractivity contribution in [2.75, 3.05) is 47.5 Å². The van der Waals surface area contributed by atoms with Gasteiger partial charge in [-0.3, -0.25) is 18.9 Å². The number of aliphatic hydroxyl groups excluding tert-OH is 2. The summed E-state index contributed by atoms with van der Waals surface area (Å²) in [6.45, 7) is 3.74. The number of rotatable bonds is 37. The number of ether oxygens (including phenoxy) is 2. The van der Waals surface area contributed by atoms with Crippen molar-refractivity contribution in [1.82, 2.24) is 0 Å². The van der Waals surface area contributed by atoms with E-state index in [1.807, 2.05) is 33.3 Å². The Morgan fingerprint density at radius 3 is 2.05 bits per heavy atom. The highest BCUT2D eigenvalue weighted by atomic mass is 31.2. The summed E-state index contributed by atoms with van der Waals surface area (Å²) in [6, 6.07) is 0. The van der Waals surface area contributed by atoms with Crippen LogP contribution in [0.3, 0.4) is 0 Å². The lowest BCUT2D eigenvalue weighted by Gasteiger charge is -2.28. The van der Waals surface area contributed by atoms with Crippen LogP contribution in [0, 0.1) is 11.8 Å². The molecule has 1 aliphatic carbocycles. The van der Waals surface area contributed by atoms with Gasteiger partial charge in [0.05, 0.1) is 40.0 Å². The van der Waals surface area contributed by atoms with Crippen LogP contribution in [0.15, 0.2) is 60.8 Å². The minimum Gasteiger partial charge on any atom is -0.756 e. The van der Waals surface area contributed by atoms with Gasteiger partial charge in [0.25, 0.3) is 7.82 Å². The Morgan fingerprint density at radius 1 is 0.787 bits per heavy atom. The molecule has 0 radical (unpaired) electrons. The monoisotopic (exact) mass is 880 g/mol. The van der Waals surface area contributed by atoms with Gasteiger partial charge < -0.3 is 38.1 Å². The van der Waals surface area contributed by atoms with Gasteiger partial charge in [-0.05, 0) is 70.6 Å². The van der Waals surface area contributed by atoms with Gasteiger partial charge in [0.15, 0.2) is 6.10 Å². The maximum absolute atomic E-state index is 12.8. The maximum Gasteiger partial charge on any atom is 0.306 e. The van der Waals surface area contributed by atoms with Crippen molar-refractivity contribution in [2.45, 2.75) is 167 Å². The zero-order valence-electron chi connectivity index (χ0n) is 38.3. The Labute approximate surface area is 368 Å². The van der Waals surface area contributed by atoms with E-state index in [1.165, 1.54) is 19.3 Å². The van der Waals surface area contributed by atoms with E-state index in [-0.39, 0.29) is 50.1 Å². The molecule has 0 saturated heterocycles. The SMILES string of the molecule is CCCCC/C=C\C/C=C\C/C=C\CCCCCCC(=O)OC[C@H](COP(=O)([O-])OCC[N+](C)(C)C)OC(=O)CCC/C=C\C[C@H]1C(=O)C[C@@H](O)[C@@H]1/C=C/[C@@H](O)CCCCC. The van der Waals surface area contributed by atoms with Crippen molar-refractivity contribution >= 4 is 25.5 Å². The molecule has 0 heterocycles. The van der Waals surface area contributed by atoms with E-state index < -0.39 is 44.7 Å². The Balaban J connectivity index is 2.52.